The van der Waals surface area contributed by atoms with Crippen molar-refractivity contribution in [3.05, 3.63) is 101 Å². The fourth-order valence-electron chi connectivity index (χ4n) is 9.97. The van der Waals surface area contributed by atoms with Gasteiger partial charge in [0.1, 0.15) is 11.6 Å². The molecule has 3 fully saturated rings. The van der Waals surface area contributed by atoms with Crippen molar-refractivity contribution in [2.24, 2.45) is 7.05 Å². The number of anilines is 1. The first-order valence-electron chi connectivity index (χ1n) is 22.6. The van der Waals surface area contributed by atoms with E-state index in [9.17, 15) is 24.4 Å². The molecule has 0 saturated carbocycles. The molecule has 4 aliphatic rings. The van der Waals surface area contributed by atoms with Crippen LogP contribution >= 0.6 is 0 Å². The number of nitrogens with one attached hydrogen (secondary N) is 1. The Morgan fingerprint density at radius 2 is 1.72 bits per heavy atom. The summed E-state index contributed by atoms with van der Waals surface area (Å²) in [5.41, 5.74) is 1.38. The van der Waals surface area contributed by atoms with Gasteiger partial charge in [0.05, 0.1) is 72.6 Å². The number of halogens is 3. The van der Waals surface area contributed by atoms with Crippen molar-refractivity contribution >= 4 is 40.3 Å². The molecule has 16 nitrogen and oxygen atoms in total. The van der Waals surface area contributed by atoms with Gasteiger partial charge in [-0.15, -0.1) is 0 Å². The maximum absolute atomic E-state index is 16.0. The Balaban J connectivity index is 0.815. The van der Waals surface area contributed by atoms with Crippen LogP contribution in [-0.2, 0) is 28.6 Å². The Morgan fingerprint density at radius 1 is 0.956 bits per heavy atom. The lowest BCUT2D eigenvalue weighted by atomic mass is 9.77. The summed E-state index contributed by atoms with van der Waals surface area (Å²) < 4.78 is 66.3. The first-order chi connectivity index (χ1) is 32.6. The highest BCUT2D eigenvalue weighted by Crippen LogP contribution is 2.42. The molecule has 354 valence electrons. The average Bonchev–Trinajstić information content (AvgIpc) is 3.78. The zero-order valence-electron chi connectivity index (χ0n) is 38.1. The number of methoxy groups -OCH3 is 1. The van der Waals surface area contributed by atoms with E-state index in [0.717, 1.165) is 10.5 Å². The van der Waals surface area contributed by atoms with Crippen molar-refractivity contribution in [3.8, 4) is 29.1 Å². The molecule has 68 heavy (non-hydrogen) atoms. The molecule has 9 rings (SSSR count). The number of hydrogen-bond donors (Lipinski definition) is 1. The van der Waals surface area contributed by atoms with E-state index in [0.29, 0.717) is 71.5 Å². The van der Waals surface area contributed by atoms with Gasteiger partial charge in [0.25, 0.3) is 17.7 Å². The minimum absolute atomic E-state index is 0.0575. The van der Waals surface area contributed by atoms with Gasteiger partial charge >= 0.3 is 0 Å². The lowest BCUT2D eigenvalue weighted by Crippen LogP contribution is -2.61. The third kappa shape index (κ3) is 8.36. The van der Waals surface area contributed by atoms with E-state index in [4.69, 9.17) is 14.2 Å². The normalized spacial score (nSPS) is 21.4. The molecule has 3 aromatic carbocycles. The number of likely N-dealkylation sites (tertiary alicyclic amines) is 1. The molecule has 1 N–H and O–H groups in total. The van der Waals surface area contributed by atoms with Crippen LogP contribution in [0.15, 0.2) is 66.9 Å². The third-order valence-corrected chi connectivity index (χ3v) is 13.6. The summed E-state index contributed by atoms with van der Waals surface area (Å²) in [6.07, 6.45) is 1.92. The lowest BCUT2D eigenvalue weighted by molar-refractivity contribution is -0.137. The molecule has 3 atom stereocenters. The number of pyridine rings is 1. The van der Waals surface area contributed by atoms with Gasteiger partial charge in [-0.1, -0.05) is 18.2 Å². The summed E-state index contributed by atoms with van der Waals surface area (Å²) in [5.74, 6) is -4.21. The van der Waals surface area contributed by atoms with E-state index >= 15 is 13.2 Å². The van der Waals surface area contributed by atoms with Crippen molar-refractivity contribution in [2.45, 2.75) is 69.5 Å². The van der Waals surface area contributed by atoms with Crippen LogP contribution in [0.25, 0.3) is 10.9 Å². The number of aryl methyl sites for hydroxylation is 1. The molecule has 0 aliphatic carbocycles. The molecule has 0 spiro atoms. The smallest absolute Gasteiger partial charge is 0.275 e. The summed E-state index contributed by atoms with van der Waals surface area (Å²) in [6, 6.07) is 16.3. The van der Waals surface area contributed by atoms with E-state index in [1.807, 2.05) is 11.8 Å². The Labute approximate surface area is 390 Å². The number of aromatic nitrogens is 3. The number of rotatable bonds is 13. The monoisotopic (exact) mass is 933 g/mol. The molecular formula is C49H50F3N9O7. The maximum atomic E-state index is 16.0. The summed E-state index contributed by atoms with van der Waals surface area (Å²) in [7, 11) is 3.18. The maximum Gasteiger partial charge on any atom is 0.275 e. The van der Waals surface area contributed by atoms with E-state index in [1.54, 1.807) is 70.9 Å². The molecule has 19 heteroatoms. The van der Waals surface area contributed by atoms with Gasteiger partial charge in [-0.2, -0.15) is 10.4 Å². The number of piperidine rings is 2. The summed E-state index contributed by atoms with van der Waals surface area (Å²) in [5, 5.41) is 17.1. The third-order valence-electron chi connectivity index (χ3n) is 13.6. The summed E-state index contributed by atoms with van der Waals surface area (Å²) >= 11 is 0. The number of imide groups is 2. The second-order valence-corrected chi connectivity index (χ2v) is 17.8. The SMILES string of the molecule is CCOc1cc([C@@H](CC#N)N2C(=O)c3ccnc(N4CCN([C@@H]5CCN(Cc6ccc(Oc7cc8c(cc7F)c([C@@]7(C)CCC(=O)NC7=O)nn8C)cc6)CC5(F)F)CC4)c3C2=O)ccc1OC. The highest BCUT2D eigenvalue weighted by molar-refractivity contribution is 6.23. The summed E-state index contributed by atoms with van der Waals surface area (Å²) in [4.78, 5) is 63.7. The van der Waals surface area contributed by atoms with Crippen molar-refractivity contribution in [1.29, 1.82) is 5.26 Å². The average molecular weight is 934 g/mol. The van der Waals surface area contributed by atoms with Crippen LogP contribution in [0, 0.1) is 17.1 Å². The molecule has 6 heterocycles. The van der Waals surface area contributed by atoms with Crippen LogP contribution in [0.2, 0.25) is 0 Å². The number of amides is 4. The molecule has 3 saturated heterocycles. The molecule has 5 aromatic rings. The number of carbonyl (C=O) groups excluding carboxylic acids is 4. The highest BCUT2D eigenvalue weighted by atomic mass is 19.3. The fraction of sp³-hybridized carbons (Fsp3) is 0.408. The van der Waals surface area contributed by atoms with Gasteiger partial charge in [-0.25, -0.2) is 18.2 Å². The number of carbonyl (C=O) groups is 4. The van der Waals surface area contributed by atoms with Crippen molar-refractivity contribution in [3.63, 3.8) is 0 Å². The molecular weight excluding hydrogens is 884 g/mol. The van der Waals surface area contributed by atoms with Crippen molar-refractivity contribution in [2.75, 3.05) is 57.9 Å². The van der Waals surface area contributed by atoms with Crippen LogP contribution in [-0.4, -0.2) is 118 Å². The van der Waals surface area contributed by atoms with E-state index in [2.05, 4.69) is 21.5 Å². The lowest BCUT2D eigenvalue weighted by Gasteiger charge is -2.46. The minimum Gasteiger partial charge on any atom is -0.493 e. The van der Waals surface area contributed by atoms with Crippen LogP contribution < -0.4 is 24.4 Å². The van der Waals surface area contributed by atoms with Crippen LogP contribution in [0.5, 0.6) is 23.0 Å². The molecule has 0 unspecified atom stereocenters. The first kappa shape index (κ1) is 46.1. The Morgan fingerprint density at radius 3 is 2.41 bits per heavy atom. The standard InChI is InChI=1S/C49H50F3N9O7/c1-5-67-39-24-30(8-11-37(39)66-4)35(13-17-53)61-45(63)32-14-18-54-44(42(32)46(61)64)60-22-20-59(21-23-60)40-15-19-58(28-49(40,51)52)27-29-6-9-31(10-7-29)68-38-26-36-33(25-34(38)50)43(56-57(36)3)48(2)16-12-41(62)55-47(48)65/h6-11,14,18,24-26,35,40H,5,12-13,15-16,19-23,27-28H2,1-4H3,(H,55,62,65)/t35-,40-,48-/m1/s1. The number of nitriles is 1. The number of nitrogens with zero attached hydrogens (tertiary/aromatic N) is 8. The Hall–Kier alpha value is -7.04. The predicted octanol–water partition coefficient (Wildman–Crippen LogP) is 6.28. The quantitative estimate of drug-likeness (QED) is 0.131. The van der Waals surface area contributed by atoms with E-state index < -0.39 is 53.5 Å². The predicted molar refractivity (Wildman–Crippen MR) is 241 cm³/mol. The number of ether oxygens (including phenoxy) is 3. The van der Waals surface area contributed by atoms with E-state index in [1.165, 1.54) is 31.5 Å². The van der Waals surface area contributed by atoms with Crippen LogP contribution in [0.3, 0.4) is 0 Å². The van der Waals surface area contributed by atoms with Gasteiger partial charge in [0.2, 0.25) is 11.8 Å². The fourth-order valence-corrected chi connectivity index (χ4v) is 9.97. The van der Waals surface area contributed by atoms with Crippen molar-refractivity contribution < 1.29 is 46.6 Å². The molecule has 4 aliphatic heterocycles. The van der Waals surface area contributed by atoms with Gasteiger partial charge < -0.3 is 19.1 Å². The van der Waals surface area contributed by atoms with Gasteiger partial charge in [0.15, 0.2) is 23.1 Å². The molecule has 0 radical (unpaired) electrons. The minimum atomic E-state index is -3.03. The highest BCUT2D eigenvalue weighted by Gasteiger charge is 2.49. The second-order valence-electron chi connectivity index (χ2n) is 17.8. The summed E-state index contributed by atoms with van der Waals surface area (Å²) in [6.45, 7) is 5.28. The number of hydrogen-bond acceptors (Lipinski definition) is 13. The molecule has 2 aromatic heterocycles. The topological polar surface area (TPSA) is 175 Å². The Kier molecular flexibility index (Phi) is 12.3. The largest absolute Gasteiger partial charge is 0.493 e. The van der Waals surface area contributed by atoms with Crippen LogP contribution in [0.4, 0.5) is 19.0 Å². The second kappa shape index (κ2) is 18.2. The van der Waals surface area contributed by atoms with Gasteiger partial charge in [0, 0.05) is 70.4 Å². The molecule has 4 amide bonds. The number of benzene rings is 3. The first-order valence-corrected chi connectivity index (χ1v) is 22.6. The number of fused-ring (bicyclic) bond motifs is 2. The van der Waals surface area contributed by atoms with Gasteiger partial charge in [-0.05, 0) is 74.2 Å². The van der Waals surface area contributed by atoms with E-state index in [-0.39, 0.29) is 68.1 Å². The zero-order valence-corrected chi connectivity index (χ0v) is 38.1. The Bertz CT molecular complexity index is 2860. The zero-order chi connectivity index (χ0) is 48.1. The number of alkyl halides is 2. The van der Waals surface area contributed by atoms with Gasteiger partial charge in [-0.3, -0.25) is 43.9 Å². The van der Waals surface area contributed by atoms with Crippen LogP contribution in [0.1, 0.15) is 83.1 Å². The molecule has 0 bridgehead atoms. The van der Waals surface area contributed by atoms with Crippen molar-refractivity contribution in [1.82, 2.24) is 34.8 Å². The number of piperazine rings is 1.